The van der Waals surface area contributed by atoms with E-state index in [4.69, 9.17) is 4.74 Å². The fraction of sp³-hybridized carbons (Fsp3) is 0.520. The van der Waals surface area contributed by atoms with Gasteiger partial charge in [-0.15, -0.1) is 0 Å². The van der Waals surface area contributed by atoms with Crippen LogP contribution in [0.15, 0.2) is 35.2 Å². The predicted molar refractivity (Wildman–Crippen MR) is 129 cm³/mol. The van der Waals surface area contributed by atoms with Gasteiger partial charge in [-0.2, -0.15) is 4.31 Å². The first-order valence-electron chi connectivity index (χ1n) is 11.8. The van der Waals surface area contributed by atoms with Gasteiger partial charge in [0.1, 0.15) is 0 Å². The largest absolute Gasteiger partial charge is 0.376 e. The third-order valence-corrected chi connectivity index (χ3v) is 8.79. The van der Waals surface area contributed by atoms with Crippen LogP contribution in [0.1, 0.15) is 51.9 Å². The molecule has 8 nitrogen and oxygen atoms in total. The molecule has 0 spiro atoms. The Morgan fingerprint density at radius 1 is 1.06 bits per heavy atom. The zero-order valence-electron chi connectivity index (χ0n) is 20.1. The summed E-state index contributed by atoms with van der Waals surface area (Å²) >= 11 is 0. The number of hydrogen-bond donors (Lipinski definition) is 0. The fourth-order valence-electron chi connectivity index (χ4n) is 4.78. The molecule has 4 rings (SSSR count). The molecular weight excluding hydrogens is 454 g/mol. The summed E-state index contributed by atoms with van der Waals surface area (Å²) in [5.74, 6) is -0.0438. The molecule has 1 aromatic carbocycles. The standard InChI is InChI=1S/C25H33N3O5S/c1-18-15-24(19(2)28(18)16-22-5-4-14-33-22)25(30)17-26-10-12-27(13-11-26)34(31,32)23-8-6-21(7-9-23)20(3)29/h6-9,15,22H,4-5,10-14,16-17H2,1-3H3/t22-/m1/s1. The summed E-state index contributed by atoms with van der Waals surface area (Å²) in [5.41, 5.74) is 3.24. The normalized spacial score (nSPS) is 20.0. The summed E-state index contributed by atoms with van der Waals surface area (Å²) in [6, 6.07) is 8.00. The van der Waals surface area contributed by atoms with Crippen molar-refractivity contribution >= 4 is 21.6 Å². The highest BCUT2D eigenvalue weighted by molar-refractivity contribution is 7.89. The van der Waals surface area contributed by atoms with Gasteiger partial charge in [0.2, 0.25) is 10.0 Å². The molecule has 1 aromatic heterocycles. The maximum atomic E-state index is 13.1. The molecule has 184 valence electrons. The number of aromatic nitrogens is 1. The Kier molecular flexibility index (Phi) is 7.37. The van der Waals surface area contributed by atoms with Crippen molar-refractivity contribution in [1.29, 1.82) is 0 Å². The summed E-state index contributed by atoms with van der Waals surface area (Å²) in [4.78, 5) is 26.7. The molecule has 0 unspecified atom stereocenters. The quantitative estimate of drug-likeness (QED) is 0.532. The Hall–Kier alpha value is -2.33. The van der Waals surface area contributed by atoms with Gasteiger partial charge in [0.05, 0.1) is 17.5 Å². The van der Waals surface area contributed by atoms with Crippen LogP contribution in [0.2, 0.25) is 0 Å². The number of benzene rings is 1. The zero-order valence-corrected chi connectivity index (χ0v) is 20.9. The van der Waals surface area contributed by atoms with Crippen molar-refractivity contribution < 1.29 is 22.7 Å². The molecule has 0 radical (unpaired) electrons. The molecule has 0 amide bonds. The second-order valence-corrected chi connectivity index (χ2v) is 11.2. The zero-order chi connectivity index (χ0) is 24.5. The Morgan fingerprint density at radius 3 is 2.32 bits per heavy atom. The van der Waals surface area contributed by atoms with E-state index >= 15 is 0 Å². The van der Waals surface area contributed by atoms with Crippen molar-refractivity contribution in [2.45, 2.75) is 51.2 Å². The van der Waals surface area contributed by atoms with E-state index in [-0.39, 0.29) is 29.1 Å². The predicted octanol–water partition coefficient (Wildman–Crippen LogP) is 2.68. The maximum absolute atomic E-state index is 13.1. The number of aryl methyl sites for hydroxylation is 1. The Morgan fingerprint density at radius 2 is 1.74 bits per heavy atom. The lowest BCUT2D eigenvalue weighted by atomic mass is 10.1. The van der Waals surface area contributed by atoms with Gasteiger partial charge in [0, 0.05) is 61.8 Å². The third kappa shape index (κ3) is 5.17. The monoisotopic (exact) mass is 487 g/mol. The van der Waals surface area contributed by atoms with Crippen LogP contribution in [0.25, 0.3) is 0 Å². The van der Waals surface area contributed by atoms with Gasteiger partial charge < -0.3 is 9.30 Å². The number of hydrogen-bond acceptors (Lipinski definition) is 6. The Balaban J connectivity index is 1.36. The van der Waals surface area contributed by atoms with Crippen molar-refractivity contribution in [1.82, 2.24) is 13.8 Å². The van der Waals surface area contributed by atoms with Crippen molar-refractivity contribution in [2.24, 2.45) is 0 Å². The van der Waals surface area contributed by atoms with Gasteiger partial charge in [-0.25, -0.2) is 8.42 Å². The van der Waals surface area contributed by atoms with Crippen molar-refractivity contribution in [2.75, 3.05) is 39.3 Å². The average molecular weight is 488 g/mol. The molecule has 0 bridgehead atoms. The van der Waals surface area contributed by atoms with E-state index in [9.17, 15) is 18.0 Å². The fourth-order valence-corrected chi connectivity index (χ4v) is 6.21. The van der Waals surface area contributed by atoms with Gasteiger partial charge in [0.25, 0.3) is 0 Å². The molecule has 2 fully saturated rings. The topological polar surface area (TPSA) is 88.9 Å². The van der Waals surface area contributed by atoms with Gasteiger partial charge in [0.15, 0.2) is 11.6 Å². The lowest BCUT2D eigenvalue weighted by molar-refractivity contribution is 0.0896. The molecule has 0 saturated carbocycles. The van der Waals surface area contributed by atoms with Crippen LogP contribution >= 0.6 is 0 Å². The number of rotatable bonds is 8. The second kappa shape index (κ2) is 10.1. The first-order chi connectivity index (χ1) is 16.2. The average Bonchev–Trinajstić information content (AvgIpc) is 3.43. The molecule has 2 aliphatic heterocycles. The third-order valence-electron chi connectivity index (χ3n) is 6.88. The van der Waals surface area contributed by atoms with Crippen LogP contribution < -0.4 is 0 Å². The second-order valence-electron chi connectivity index (χ2n) is 9.21. The molecule has 3 heterocycles. The highest BCUT2D eigenvalue weighted by Crippen LogP contribution is 2.22. The lowest BCUT2D eigenvalue weighted by Crippen LogP contribution is -2.49. The molecule has 2 aliphatic rings. The van der Waals surface area contributed by atoms with Crippen LogP contribution in [0.5, 0.6) is 0 Å². The molecule has 2 aromatic rings. The molecule has 2 saturated heterocycles. The van der Waals surface area contributed by atoms with Crippen LogP contribution in [-0.2, 0) is 21.3 Å². The van der Waals surface area contributed by atoms with Crippen LogP contribution in [0, 0.1) is 13.8 Å². The van der Waals surface area contributed by atoms with E-state index in [1.165, 1.54) is 23.4 Å². The summed E-state index contributed by atoms with van der Waals surface area (Å²) < 4.78 is 35.4. The Labute approximate surface area is 201 Å². The van der Waals surface area contributed by atoms with Gasteiger partial charge >= 0.3 is 0 Å². The Bertz CT molecular complexity index is 1160. The highest BCUT2D eigenvalue weighted by atomic mass is 32.2. The van der Waals surface area contributed by atoms with Gasteiger partial charge in [-0.3, -0.25) is 14.5 Å². The summed E-state index contributed by atoms with van der Waals surface area (Å²) in [7, 11) is -3.63. The van der Waals surface area contributed by atoms with E-state index in [1.807, 2.05) is 24.8 Å². The molecule has 0 N–H and O–H groups in total. The minimum atomic E-state index is -3.63. The minimum Gasteiger partial charge on any atom is -0.376 e. The van der Waals surface area contributed by atoms with E-state index in [0.717, 1.165) is 42.9 Å². The summed E-state index contributed by atoms with van der Waals surface area (Å²) in [5, 5.41) is 0. The smallest absolute Gasteiger partial charge is 0.243 e. The summed E-state index contributed by atoms with van der Waals surface area (Å²) in [6.07, 6.45) is 2.34. The van der Waals surface area contributed by atoms with E-state index in [2.05, 4.69) is 4.57 Å². The molecule has 1 atom stereocenters. The number of carbonyl (C=O) groups is 2. The van der Waals surface area contributed by atoms with E-state index in [0.29, 0.717) is 31.7 Å². The van der Waals surface area contributed by atoms with Gasteiger partial charge in [-0.05, 0) is 51.8 Å². The van der Waals surface area contributed by atoms with Gasteiger partial charge in [-0.1, -0.05) is 12.1 Å². The molecule has 0 aliphatic carbocycles. The highest BCUT2D eigenvalue weighted by Gasteiger charge is 2.30. The van der Waals surface area contributed by atoms with Crippen LogP contribution in [0.4, 0.5) is 0 Å². The van der Waals surface area contributed by atoms with Crippen molar-refractivity contribution in [3.8, 4) is 0 Å². The maximum Gasteiger partial charge on any atom is 0.243 e. The number of carbonyl (C=O) groups excluding carboxylic acids is 2. The number of ether oxygens (including phenoxy) is 1. The molecule has 34 heavy (non-hydrogen) atoms. The first-order valence-corrected chi connectivity index (χ1v) is 13.3. The number of sulfonamides is 1. The van der Waals surface area contributed by atoms with Crippen LogP contribution in [0.3, 0.4) is 0 Å². The minimum absolute atomic E-state index is 0.0582. The van der Waals surface area contributed by atoms with Crippen LogP contribution in [-0.4, -0.2) is 79.2 Å². The van der Waals surface area contributed by atoms with E-state index < -0.39 is 10.0 Å². The SMILES string of the molecule is CC(=O)c1ccc(S(=O)(=O)N2CCN(CC(=O)c3cc(C)n(C[C@H]4CCCO4)c3C)CC2)cc1. The van der Waals surface area contributed by atoms with Crippen molar-refractivity contribution in [3.63, 3.8) is 0 Å². The number of piperazine rings is 1. The number of ketones is 2. The lowest BCUT2D eigenvalue weighted by Gasteiger charge is -2.33. The summed E-state index contributed by atoms with van der Waals surface area (Å²) in [6.45, 7) is 8.93. The first kappa shape index (κ1) is 24.8. The molecular formula is C25H33N3O5S. The number of nitrogens with zero attached hydrogens (tertiary/aromatic N) is 3. The molecule has 9 heteroatoms. The number of Topliss-reactive ketones (excluding diaryl/α,β-unsaturated/α-hetero) is 2. The van der Waals surface area contributed by atoms with Crippen molar-refractivity contribution in [3.05, 3.63) is 52.8 Å². The van der Waals surface area contributed by atoms with E-state index in [1.54, 1.807) is 12.1 Å².